The Morgan fingerprint density at radius 1 is 1.22 bits per heavy atom. The highest BCUT2D eigenvalue weighted by atomic mass is 32.2. The lowest BCUT2D eigenvalue weighted by Crippen LogP contribution is -2.24. The Bertz CT molecular complexity index is 1400. The van der Waals surface area contributed by atoms with Crippen molar-refractivity contribution in [2.45, 2.75) is 45.1 Å². The molecule has 166 valence electrons. The number of benzene rings is 2. The third-order valence-electron chi connectivity index (χ3n) is 6.26. The molecule has 2 aromatic heterocycles. The molecule has 32 heavy (non-hydrogen) atoms. The zero-order valence-electron chi connectivity index (χ0n) is 18.2. The first-order valence-electron chi connectivity index (χ1n) is 10.9. The Hall–Kier alpha value is -2.97. The Balaban J connectivity index is 1.50. The second-order valence-electron chi connectivity index (χ2n) is 8.81. The molecule has 0 radical (unpaired) electrons. The maximum Gasteiger partial charge on any atom is 0.258 e. The van der Waals surface area contributed by atoms with E-state index >= 15 is 0 Å². The highest BCUT2D eigenvalue weighted by Crippen LogP contribution is 2.37. The molecule has 0 saturated heterocycles. The summed E-state index contributed by atoms with van der Waals surface area (Å²) in [6.45, 7) is 4.32. The third-order valence-corrected chi connectivity index (χ3v) is 7.12. The number of rotatable bonds is 5. The molecule has 0 saturated carbocycles. The topological polar surface area (TPSA) is 104 Å². The minimum Gasteiger partial charge on any atom is -0.345 e. The van der Waals surface area contributed by atoms with Crippen LogP contribution in [-0.2, 0) is 16.4 Å². The van der Waals surface area contributed by atoms with E-state index in [1.165, 1.54) is 5.52 Å². The molecule has 0 spiro atoms. The van der Waals surface area contributed by atoms with E-state index < -0.39 is 10.0 Å². The van der Waals surface area contributed by atoms with Crippen LogP contribution in [0.3, 0.4) is 0 Å². The maximum atomic E-state index is 11.7. The first-order chi connectivity index (χ1) is 15.3. The second-order valence-corrected chi connectivity index (χ2v) is 10.5. The predicted molar refractivity (Wildman–Crippen MR) is 125 cm³/mol. The van der Waals surface area contributed by atoms with Crippen molar-refractivity contribution in [3.63, 3.8) is 0 Å². The normalized spacial score (nSPS) is 16.6. The molecule has 1 aliphatic carbocycles. The number of primary sulfonamides is 1. The average Bonchev–Trinajstić information content (AvgIpc) is 3.39. The van der Waals surface area contributed by atoms with Gasteiger partial charge in [0.25, 0.3) is 5.89 Å². The number of aromatic nitrogens is 3. The number of fused-ring (bicyclic) bond motifs is 2. The number of sulfonamides is 1. The minimum absolute atomic E-state index is 0.0447. The SMILES string of the molecule is CC(C)n1ccc2cc(-c3nc(-c4cccc5c4CCCC5CS(N)(=O)=O)no3)ccc21. The van der Waals surface area contributed by atoms with E-state index in [2.05, 4.69) is 53.0 Å². The van der Waals surface area contributed by atoms with Gasteiger partial charge in [-0.05, 0) is 74.4 Å². The molecule has 2 N–H and O–H groups in total. The molecule has 0 bridgehead atoms. The minimum atomic E-state index is -3.55. The van der Waals surface area contributed by atoms with Crippen LogP contribution in [0, 0.1) is 0 Å². The van der Waals surface area contributed by atoms with Gasteiger partial charge >= 0.3 is 0 Å². The van der Waals surface area contributed by atoms with Crippen molar-refractivity contribution in [1.29, 1.82) is 0 Å². The maximum absolute atomic E-state index is 11.7. The summed E-state index contributed by atoms with van der Waals surface area (Å²) in [6, 6.07) is 14.5. The Labute approximate surface area is 187 Å². The van der Waals surface area contributed by atoms with Crippen LogP contribution in [0.4, 0.5) is 0 Å². The molecular weight excluding hydrogens is 424 g/mol. The van der Waals surface area contributed by atoms with Gasteiger partial charge in [-0.15, -0.1) is 0 Å². The van der Waals surface area contributed by atoms with E-state index in [1.54, 1.807) is 0 Å². The summed E-state index contributed by atoms with van der Waals surface area (Å²) >= 11 is 0. The summed E-state index contributed by atoms with van der Waals surface area (Å²) in [5.41, 5.74) is 5.04. The summed E-state index contributed by atoms with van der Waals surface area (Å²) < 4.78 is 31.2. The molecule has 0 fully saturated rings. The Morgan fingerprint density at radius 2 is 2.06 bits per heavy atom. The van der Waals surface area contributed by atoms with Crippen molar-refractivity contribution < 1.29 is 12.9 Å². The van der Waals surface area contributed by atoms with E-state index in [9.17, 15) is 8.42 Å². The third kappa shape index (κ3) is 3.84. The fourth-order valence-corrected chi connectivity index (χ4v) is 5.71. The largest absolute Gasteiger partial charge is 0.345 e. The fourth-order valence-electron chi connectivity index (χ4n) is 4.81. The molecule has 1 unspecified atom stereocenters. The number of hydrogen-bond donors (Lipinski definition) is 1. The Morgan fingerprint density at radius 3 is 2.84 bits per heavy atom. The molecule has 7 nitrogen and oxygen atoms in total. The van der Waals surface area contributed by atoms with Gasteiger partial charge in [0.05, 0.1) is 5.75 Å². The van der Waals surface area contributed by atoms with Crippen LogP contribution in [0.5, 0.6) is 0 Å². The predicted octanol–water partition coefficient (Wildman–Crippen LogP) is 4.65. The number of nitrogens with zero attached hydrogens (tertiary/aromatic N) is 3. The van der Waals surface area contributed by atoms with Crippen molar-refractivity contribution in [2.24, 2.45) is 5.14 Å². The van der Waals surface area contributed by atoms with E-state index in [1.807, 2.05) is 24.3 Å². The van der Waals surface area contributed by atoms with Gasteiger partial charge in [0.15, 0.2) is 0 Å². The van der Waals surface area contributed by atoms with E-state index in [0.717, 1.165) is 46.9 Å². The quantitative estimate of drug-likeness (QED) is 0.477. The smallest absolute Gasteiger partial charge is 0.258 e. The summed E-state index contributed by atoms with van der Waals surface area (Å²) in [6.07, 6.45) is 4.65. The molecule has 0 aliphatic heterocycles. The van der Waals surface area contributed by atoms with Crippen molar-refractivity contribution >= 4 is 20.9 Å². The van der Waals surface area contributed by atoms with E-state index in [-0.39, 0.29) is 11.7 Å². The summed E-state index contributed by atoms with van der Waals surface area (Å²) in [4.78, 5) is 4.68. The van der Waals surface area contributed by atoms with Gasteiger partial charge in [-0.25, -0.2) is 13.6 Å². The van der Waals surface area contributed by atoms with Crippen LogP contribution in [0.1, 0.15) is 49.8 Å². The van der Waals surface area contributed by atoms with Gasteiger partial charge in [-0.1, -0.05) is 23.4 Å². The van der Waals surface area contributed by atoms with Crippen LogP contribution in [0.2, 0.25) is 0 Å². The standard InChI is InChI=1S/C24H26N4O3S/c1-15(2)28-12-11-16-13-17(9-10-22(16)28)24-26-23(27-31-24)21-8-4-6-19-18(14-32(25,29)30)5-3-7-20(19)21/h4,6,8-13,15,18H,3,5,7,14H2,1-2H3,(H2,25,29,30). The van der Waals surface area contributed by atoms with E-state index in [4.69, 9.17) is 9.66 Å². The second kappa shape index (κ2) is 7.86. The zero-order chi connectivity index (χ0) is 22.5. The molecule has 8 heteroatoms. The molecule has 0 amide bonds. The lowest BCUT2D eigenvalue weighted by molar-refractivity contribution is 0.432. The van der Waals surface area contributed by atoms with Crippen LogP contribution in [-0.4, -0.2) is 28.9 Å². The number of nitrogens with two attached hydrogens (primary N) is 1. The molecule has 2 heterocycles. The van der Waals surface area contributed by atoms with Crippen molar-refractivity contribution in [3.8, 4) is 22.8 Å². The van der Waals surface area contributed by atoms with Crippen molar-refractivity contribution in [1.82, 2.24) is 14.7 Å². The zero-order valence-corrected chi connectivity index (χ0v) is 19.0. The van der Waals surface area contributed by atoms with Crippen molar-refractivity contribution in [3.05, 3.63) is 59.8 Å². The first kappa shape index (κ1) is 20.9. The van der Waals surface area contributed by atoms with Gasteiger partial charge in [0, 0.05) is 34.3 Å². The first-order valence-corrected chi connectivity index (χ1v) is 12.6. The molecular formula is C24H26N4O3S. The van der Waals surface area contributed by atoms with Crippen LogP contribution in [0.15, 0.2) is 53.2 Å². The average molecular weight is 451 g/mol. The highest BCUT2D eigenvalue weighted by Gasteiger charge is 2.27. The highest BCUT2D eigenvalue weighted by molar-refractivity contribution is 7.89. The summed E-state index contributed by atoms with van der Waals surface area (Å²) in [7, 11) is -3.55. The summed E-state index contributed by atoms with van der Waals surface area (Å²) in [5.74, 6) is 0.839. The van der Waals surface area contributed by atoms with Gasteiger partial charge in [0.2, 0.25) is 15.8 Å². The summed E-state index contributed by atoms with van der Waals surface area (Å²) in [5, 5.41) is 10.7. The molecule has 4 aromatic rings. The molecule has 1 atom stereocenters. The van der Waals surface area contributed by atoms with Gasteiger partial charge < -0.3 is 9.09 Å². The molecule has 2 aromatic carbocycles. The lowest BCUT2D eigenvalue weighted by atomic mass is 9.81. The van der Waals surface area contributed by atoms with Gasteiger partial charge in [-0.2, -0.15) is 4.98 Å². The van der Waals surface area contributed by atoms with Gasteiger partial charge in [0.1, 0.15) is 0 Å². The van der Waals surface area contributed by atoms with Gasteiger partial charge in [-0.3, -0.25) is 0 Å². The Kier molecular flexibility index (Phi) is 5.14. The fraction of sp³-hybridized carbons (Fsp3) is 0.333. The molecule has 1 aliphatic rings. The van der Waals surface area contributed by atoms with Crippen LogP contribution < -0.4 is 5.14 Å². The monoisotopic (exact) mass is 450 g/mol. The van der Waals surface area contributed by atoms with Crippen molar-refractivity contribution in [2.75, 3.05) is 5.75 Å². The van der Waals surface area contributed by atoms with Crippen LogP contribution >= 0.6 is 0 Å². The van der Waals surface area contributed by atoms with Crippen LogP contribution in [0.25, 0.3) is 33.7 Å². The molecule has 5 rings (SSSR count). The van der Waals surface area contributed by atoms with E-state index in [0.29, 0.717) is 17.8 Å². The number of hydrogen-bond acceptors (Lipinski definition) is 5. The lowest BCUT2D eigenvalue weighted by Gasteiger charge is -2.26.